The van der Waals surface area contributed by atoms with Crippen LogP contribution in [0.3, 0.4) is 0 Å². The summed E-state index contributed by atoms with van der Waals surface area (Å²) >= 11 is 0. The highest BCUT2D eigenvalue weighted by Crippen LogP contribution is 2.29. The molecule has 1 aromatic heterocycles. The molecule has 0 N–H and O–H groups in total. The molecule has 1 aliphatic heterocycles. The minimum Gasteiger partial charge on any atom is -0.376 e. The molecule has 1 aliphatic rings. The molecule has 0 saturated carbocycles. The van der Waals surface area contributed by atoms with E-state index >= 15 is 0 Å². The molecule has 2 aromatic rings. The van der Waals surface area contributed by atoms with Crippen molar-refractivity contribution in [3.8, 4) is 0 Å². The minimum atomic E-state index is -3.23. The number of fused-ring (bicyclic) bond motifs is 1. The number of hydrogen-bond acceptors (Lipinski definition) is 4. The summed E-state index contributed by atoms with van der Waals surface area (Å²) in [6.45, 7) is 9.66. The fraction of sp³-hybridized carbons (Fsp3) is 0.632. The van der Waals surface area contributed by atoms with E-state index in [0.29, 0.717) is 4.90 Å². The number of hydrogen-bond donors (Lipinski definition) is 0. The molecule has 0 aliphatic carbocycles. The van der Waals surface area contributed by atoms with Gasteiger partial charge in [-0.15, -0.1) is 12.4 Å². The number of imidazole rings is 1. The third kappa shape index (κ3) is 4.24. The Kier molecular flexibility index (Phi) is 6.41. The second kappa shape index (κ2) is 7.87. The van der Waals surface area contributed by atoms with Crippen molar-refractivity contribution in [3.63, 3.8) is 0 Å². The van der Waals surface area contributed by atoms with Gasteiger partial charge in [-0.05, 0) is 37.5 Å². The average Bonchev–Trinajstić information content (AvgIpc) is 2.94. The Hall–Kier alpha value is -1.11. The predicted octanol–water partition coefficient (Wildman–Crippen LogP) is 4.12. The van der Waals surface area contributed by atoms with E-state index < -0.39 is 9.84 Å². The number of halogens is 1. The largest absolute Gasteiger partial charge is 0.376 e. The van der Waals surface area contributed by atoms with Crippen molar-refractivity contribution < 1.29 is 13.2 Å². The summed E-state index contributed by atoms with van der Waals surface area (Å²) in [6, 6.07) is 5.30. The monoisotopic (exact) mass is 400 g/mol. The summed E-state index contributed by atoms with van der Waals surface area (Å²) in [5.41, 5.74) is 1.60. The van der Waals surface area contributed by atoms with Gasteiger partial charge >= 0.3 is 0 Å². The van der Waals surface area contributed by atoms with E-state index in [0.717, 1.165) is 42.9 Å². The summed E-state index contributed by atoms with van der Waals surface area (Å²) < 4.78 is 32.5. The first-order valence-corrected chi connectivity index (χ1v) is 10.7. The molecule has 3 rings (SSSR count). The van der Waals surface area contributed by atoms with Gasteiger partial charge in [-0.25, -0.2) is 13.4 Å². The lowest BCUT2D eigenvalue weighted by Gasteiger charge is -2.26. The molecule has 1 unspecified atom stereocenters. The Morgan fingerprint density at radius 1 is 1.27 bits per heavy atom. The first-order chi connectivity index (χ1) is 11.7. The summed E-state index contributed by atoms with van der Waals surface area (Å²) in [6.07, 6.45) is 3.59. The van der Waals surface area contributed by atoms with Crippen LogP contribution < -0.4 is 0 Å². The standard InChI is InChI=1S/C19H28N2O3S.ClH/c1-5-25(22,23)15-9-10-17-16(12-15)20-18(19(2,3)4)21(17)13-14-8-6-7-11-24-14;/h9-10,12,14H,5-8,11,13H2,1-4H3;1H. The maximum atomic E-state index is 12.2. The molecule has 1 saturated heterocycles. The number of ether oxygens (including phenoxy) is 1. The number of aromatic nitrogens is 2. The van der Waals surface area contributed by atoms with E-state index in [9.17, 15) is 8.42 Å². The number of sulfone groups is 1. The Bertz CT molecular complexity index is 863. The smallest absolute Gasteiger partial charge is 0.178 e. The molecule has 0 amide bonds. The second-order valence-corrected chi connectivity index (χ2v) is 10.1. The van der Waals surface area contributed by atoms with Crippen LogP contribution in [0.4, 0.5) is 0 Å². The molecule has 0 spiro atoms. The van der Waals surface area contributed by atoms with Gasteiger partial charge in [0.2, 0.25) is 0 Å². The zero-order valence-electron chi connectivity index (χ0n) is 16.0. The molecular weight excluding hydrogens is 372 g/mol. The van der Waals surface area contributed by atoms with E-state index in [1.807, 2.05) is 6.07 Å². The molecule has 146 valence electrons. The van der Waals surface area contributed by atoms with Crippen LogP contribution in [-0.2, 0) is 26.5 Å². The van der Waals surface area contributed by atoms with E-state index in [-0.39, 0.29) is 29.7 Å². The van der Waals surface area contributed by atoms with Crippen molar-refractivity contribution >= 4 is 33.3 Å². The molecule has 7 heteroatoms. The Balaban J connectivity index is 0.00000243. The third-order valence-corrected chi connectivity index (χ3v) is 6.52. The van der Waals surface area contributed by atoms with E-state index in [4.69, 9.17) is 9.72 Å². The SMILES string of the molecule is CCS(=O)(=O)c1ccc2c(c1)nc(C(C)(C)C)n2CC1CCCCO1.Cl. The lowest BCUT2D eigenvalue weighted by Crippen LogP contribution is -2.28. The molecule has 1 fully saturated rings. The molecule has 0 bridgehead atoms. The summed E-state index contributed by atoms with van der Waals surface area (Å²) in [5.74, 6) is 1.07. The van der Waals surface area contributed by atoms with Gasteiger partial charge in [0.25, 0.3) is 0 Å². The molecular formula is C19H29ClN2O3S. The van der Waals surface area contributed by atoms with Gasteiger partial charge in [-0.3, -0.25) is 0 Å². The van der Waals surface area contributed by atoms with Gasteiger partial charge in [0.15, 0.2) is 9.84 Å². The van der Waals surface area contributed by atoms with Gasteiger partial charge < -0.3 is 9.30 Å². The molecule has 1 atom stereocenters. The molecule has 0 radical (unpaired) electrons. The van der Waals surface area contributed by atoms with Crippen molar-refractivity contribution in [1.82, 2.24) is 9.55 Å². The van der Waals surface area contributed by atoms with Crippen LogP contribution in [-0.4, -0.2) is 36.4 Å². The van der Waals surface area contributed by atoms with Crippen LogP contribution in [0.15, 0.2) is 23.1 Å². The van der Waals surface area contributed by atoms with Crippen LogP contribution in [0.1, 0.15) is 52.8 Å². The molecule has 1 aromatic carbocycles. The summed E-state index contributed by atoms with van der Waals surface area (Å²) in [7, 11) is -3.23. The highest BCUT2D eigenvalue weighted by atomic mass is 35.5. The van der Waals surface area contributed by atoms with Crippen LogP contribution in [0.5, 0.6) is 0 Å². The van der Waals surface area contributed by atoms with Crippen LogP contribution >= 0.6 is 12.4 Å². The minimum absolute atomic E-state index is 0. The molecule has 2 heterocycles. The lowest BCUT2D eigenvalue weighted by atomic mass is 9.95. The maximum Gasteiger partial charge on any atom is 0.178 e. The zero-order valence-corrected chi connectivity index (χ0v) is 17.6. The topological polar surface area (TPSA) is 61.2 Å². The second-order valence-electron chi connectivity index (χ2n) is 7.84. The van der Waals surface area contributed by atoms with Crippen molar-refractivity contribution in [2.24, 2.45) is 0 Å². The first kappa shape index (κ1) is 21.2. The van der Waals surface area contributed by atoms with E-state index in [2.05, 4.69) is 25.3 Å². The lowest BCUT2D eigenvalue weighted by molar-refractivity contribution is 0.00583. The maximum absolute atomic E-state index is 12.2. The van der Waals surface area contributed by atoms with Gasteiger partial charge in [-0.1, -0.05) is 27.7 Å². The van der Waals surface area contributed by atoms with Crippen LogP contribution in [0, 0.1) is 0 Å². The van der Waals surface area contributed by atoms with Gasteiger partial charge in [0.1, 0.15) is 5.82 Å². The number of rotatable bonds is 4. The Morgan fingerprint density at radius 3 is 2.58 bits per heavy atom. The Labute approximate surface area is 162 Å². The van der Waals surface area contributed by atoms with Crippen molar-refractivity contribution in [1.29, 1.82) is 0 Å². The van der Waals surface area contributed by atoms with Crippen LogP contribution in [0.2, 0.25) is 0 Å². The molecule has 5 nitrogen and oxygen atoms in total. The van der Waals surface area contributed by atoms with Gasteiger partial charge in [-0.2, -0.15) is 0 Å². The highest BCUT2D eigenvalue weighted by Gasteiger charge is 2.26. The van der Waals surface area contributed by atoms with Crippen molar-refractivity contribution in [3.05, 3.63) is 24.0 Å². The van der Waals surface area contributed by atoms with Crippen molar-refractivity contribution in [2.45, 2.75) is 69.9 Å². The average molecular weight is 401 g/mol. The van der Waals surface area contributed by atoms with E-state index in [1.165, 1.54) is 6.42 Å². The number of nitrogens with zero attached hydrogens (tertiary/aromatic N) is 2. The third-order valence-electron chi connectivity index (χ3n) is 4.79. The summed E-state index contributed by atoms with van der Waals surface area (Å²) in [5, 5.41) is 0. The summed E-state index contributed by atoms with van der Waals surface area (Å²) in [4.78, 5) is 5.15. The Morgan fingerprint density at radius 2 is 2.00 bits per heavy atom. The zero-order chi connectivity index (χ0) is 18.2. The van der Waals surface area contributed by atoms with Crippen molar-refractivity contribution in [2.75, 3.05) is 12.4 Å². The van der Waals surface area contributed by atoms with Gasteiger partial charge in [0.05, 0.1) is 34.3 Å². The normalized spacial score (nSPS) is 18.7. The van der Waals surface area contributed by atoms with E-state index in [1.54, 1.807) is 19.1 Å². The molecule has 26 heavy (non-hydrogen) atoms. The van der Waals surface area contributed by atoms with Crippen LogP contribution in [0.25, 0.3) is 11.0 Å². The predicted molar refractivity (Wildman–Crippen MR) is 107 cm³/mol. The fourth-order valence-corrected chi connectivity index (χ4v) is 4.28. The first-order valence-electron chi connectivity index (χ1n) is 9.07. The number of benzene rings is 1. The fourth-order valence-electron chi connectivity index (χ4n) is 3.38. The van der Waals surface area contributed by atoms with Gasteiger partial charge in [0, 0.05) is 12.0 Å². The quantitative estimate of drug-likeness (QED) is 0.774. The highest BCUT2D eigenvalue weighted by molar-refractivity contribution is 7.91.